The van der Waals surface area contributed by atoms with E-state index in [9.17, 15) is 9.90 Å². The standard InChI is InChI=1S/C18H16Cl2N4O2/c19-10-1-4-15-14(6-17(25)26)13-3-2-12(5-16(13)24(15)9-10)23-18-21-7-11(20)8-22-18/h1,4,7-9,12H,2-3,5-6H2,(H,25,26)(H,21,22,23). The number of nitrogens with zero attached hydrogens (tertiary/aromatic N) is 3. The molecule has 6 nitrogen and oxygen atoms in total. The van der Waals surface area contributed by atoms with Crippen LogP contribution in [-0.4, -0.2) is 31.5 Å². The number of rotatable bonds is 4. The first-order valence-corrected chi connectivity index (χ1v) is 9.03. The summed E-state index contributed by atoms with van der Waals surface area (Å²) < 4.78 is 2.02. The van der Waals surface area contributed by atoms with Crippen molar-refractivity contribution in [3.63, 3.8) is 0 Å². The second-order valence-electron chi connectivity index (χ2n) is 6.39. The molecule has 0 aliphatic heterocycles. The maximum atomic E-state index is 11.3. The quantitative estimate of drug-likeness (QED) is 0.710. The van der Waals surface area contributed by atoms with E-state index in [1.165, 1.54) is 0 Å². The zero-order valence-electron chi connectivity index (χ0n) is 13.7. The molecule has 1 unspecified atom stereocenters. The highest BCUT2D eigenvalue weighted by atomic mass is 35.5. The fraction of sp³-hybridized carbons (Fsp3) is 0.278. The molecule has 4 rings (SSSR count). The van der Waals surface area contributed by atoms with Gasteiger partial charge in [0.2, 0.25) is 5.95 Å². The van der Waals surface area contributed by atoms with E-state index < -0.39 is 5.97 Å². The third-order valence-corrected chi connectivity index (χ3v) is 5.11. The number of hydrogen-bond acceptors (Lipinski definition) is 4. The van der Waals surface area contributed by atoms with Gasteiger partial charge in [0.25, 0.3) is 0 Å². The van der Waals surface area contributed by atoms with Crippen LogP contribution in [0.1, 0.15) is 23.2 Å². The van der Waals surface area contributed by atoms with Gasteiger partial charge in [0.1, 0.15) is 0 Å². The lowest BCUT2D eigenvalue weighted by Gasteiger charge is -2.24. The molecule has 0 bridgehead atoms. The Balaban J connectivity index is 1.69. The monoisotopic (exact) mass is 390 g/mol. The van der Waals surface area contributed by atoms with Crippen molar-refractivity contribution < 1.29 is 9.90 Å². The average molecular weight is 391 g/mol. The molecular weight excluding hydrogens is 375 g/mol. The molecule has 134 valence electrons. The van der Waals surface area contributed by atoms with E-state index in [4.69, 9.17) is 23.2 Å². The van der Waals surface area contributed by atoms with E-state index in [0.29, 0.717) is 16.0 Å². The van der Waals surface area contributed by atoms with Crippen LogP contribution in [0.2, 0.25) is 10.0 Å². The summed E-state index contributed by atoms with van der Waals surface area (Å²) in [5.41, 5.74) is 4.00. The molecule has 2 N–H and O–H groups in total. The van der Waals surface area contributed by atoms with Gasteiger partial charge in [-0.1, -0.05) is 23.2 Å². The number of carboxylic acids is 1. The van der Waals surface area contributed by atoms with Crippen LogP contribution in [0, 0.1) is 0 Å². The maximum absolute atomic E-state index is 11.3. The number of aromatic nitrogens is 3. The Kier molecular flexibility index (Phi) is 4.46. The van der Waals surface area contributed by atoms with Crippen LogP contribution in [0.25, 0.3) is 5.52 Å². The molecule has 0 saturated heterocycles. The molecule has 0 radical (unpaired) electrons. The van der Waals surface area contributed by atoms with Crippen LogP contribution in [0.5, 0.6) is 0 Å². The number of anilines is 1. The lowest BCUT2D eigenvalue weighted by molar-refractivity contribution is -0.136. The van der Waals surface area contributed by atoms with Crippen LogP contribution < -0.4 is 5.32 Å². The normalized spacial score (nSPS) is 16.5. The smallest absolute Gasteiger partial charge is 0.307 e. The predicted octanol–water partition coefficient (Wildman–Crippen LogP) is 3.63. The molecule has 8 heteroatoms. The van der Waals surface area contributed by atoms with E-state index >= 15 is 0 Å². The number of carbonyl (C=O) groups is 1. The summed E-state index contributed by atoms with van der Waals surface area (Å²) in [5, 5.41) is 13.7. The molecule has 1 atom stereocenters. The van der Waals surface area contributed by atoms with Crippen LogP contribution >= 0.6 is 23.2 Å². The van der Waals surface area contributed by atoms with Gasteiger partial charge in [0.15, 0.2) is 0 Å². The zero-order chi connectivity index (χ0) is 18.3. The van der Waals surface area contributed by atoms with Gasteiger partial charge in [0.05, 0.1) is 28.9 Å². The lowest BCUT2D eigenvalue weighted by atomic mass is 9.90. The van der Waals surface area contributed by atoms with Crippen LogP contribution in [0.3, 0.4) is 0 Å². The molecular formula is C18H16Cl2N4O2. The summed E-state index contributed by atoms with van der Waals surface area (Å²) in [5.74, 6) is -0.294. The van der Waals surface area contributed by atoms with Crippen molar-refractivity contribution in [1.29, 1.82) is 0 Å². The fourth-order valence-corrected chi connectivity index (χ4v) is 3.89. The van der Waals surface area contributed by atoms with Crippen molar-refractivity contribution >= 4 is 40.6 Å². The summed E-state index contributed by atoms with van der Waals surface area (Å²) >= 11 is 12.0. The molecule has 1 aliphatic carbocycles. The van der Waals surface area contributed by atoms with Gasteiger partial charge in [-0.25, -0.2) is 9.97 Å². The van der Waals surface area contributed by atoms with Gasteiger partial charge in [0, 0.05) is 29.9 Å². The molecule has 0 fully saturated rings. The van der Waals surface area contributed by atoms with E-state index in [0.717, 1.165) is 41.6 Å². The molecule has 26 heavy (non-hydrogen) atoms. The van der Waals surface area contributed by atoms with Crippen molar-refractivity contribution in [2.24, 2.45) is 0 Å². The highest BCUT2D eigenvalue weighted by Gasteiger charge is 2.27. The summed E-state index contributed by atoms with van der Waals surface area (Å²) in [4.78, 5) is 19.7. The van der Waals surface area contributed by atoms with Gasteiger partial charge >= 0.3 is 5.97 Å². The number of fused-ring (bicyclic) bond motifs is 3. The molecule has 3 heterocycles. The molecule has 3 aromatic rings. The Bertz CT molecular complexity index is 985. The van der Waals surface area contributed by atoms with E-state index in [-0.39, 0.29) is 12.5 Å². The summed E-state index contributed by atoms with van der Waals surface area (Å²) in [7, 11) is 0. The fourth-order valence-electron chi connectivity index (χ4n) is 3.63. The topological polar surface area (TPSA) is 79.5 Å². The third kappa shape index (κ3) is 3.22. The number of pyridine rings is 1. The van der Waals surface area contributed by atoms with Crippen molar-refractivity contribution in [2.45, 2.75) is 31.7 Å². The number of halogens is 2. The minimum absolute atomic E-state index is 0.0128. The number of aliphatic carboxylic acids is 1. The summed E-state index contributed by atoms with van der Waals surface area (Å²) in [6.07, 6.45) is 7.38. The Morgan fingerprint density at radius 1 is 1.27 bits per heavy atom. The van der Waals surface area contributed by atoms with E-state index in [2.05, 4.69) is 15.3 Å². The molecule has 3 aromatic heterocycles. The average Bonchev–Trinajstić information content (AvgIpc) is 2.89. The van der Waals surface area contributed by atoms with Crippen LogP contribution in [0.4, 0.5) is 5.95 Å². The highest BCUT2D eigenvalue weighted by molar-refractivity contribution is 6.30. The second-order valence-corrected chi connectivity index (χ2v) is 7.26. The SMILES string of the molecule is O=C(O)Cc1c2c(n3cc(Cl)ccc13)CC(Nc1ncc(Cl)cn1)CC2. The molecule has 0 saturated carbocycles. The minimum Gasteiger partial charge on any atom is -0.481 e. The molecule has 0 aromatic carbocycles. The Hall–Kier alpha value is -2.31. The first kappa shape index (κ1) is 17.1. The van der Waals surface area contributed by atoms with Crippen molar-refractivity contribution in [3.05, 3.63) is 57.6 Å². The lowest BCUT2D eigenvalue weighted by Crippen LogP contribution is -2.29. The molecule has 0 amide bonds. The van der Waals surface area contributed by atoms with Gasteiger partial charge in [-0.3, -0.25) is 4.79 Å². The number of carboxylic acid groups (broad SMARTS) is 1. The van der Waals surface area contributed by atoms with Gasteiger partial charge in [-0.15, -0.1) is 0 Å². The third-order valence-electron chi connectivity index (χ3n) is 4.69. The summed E-state index contributed by atoms with van der Waals surface area (Å²) in [6.45, 7) is 0. The van der Waals surface area contributed by atoms with Gasteiger partial charge < -0.3 is 14.8 Å². The Morgan fingerprint density at radius 2 is 2.04 bits per heavy atom. The first-order valence-electron chi connectivity index (χ1n) is 8.27. The van der Waals surface area contributed by atoms with Gasteiger partial charge in [-0.05, 0) is 36.1 Å². The summed E-state index contributed by atoms with van der Waals surface area (Å²) in [6, 6.07) is 3.84. The van der Waals surface area contributed by atoms with E-state index in [1.54, 1.807) is 18.5 Å². The largest absolute Gasteiger partial charge is 0.481 e. The Morgan fingerprint density at radius 3 is 2.77 bits per heavy atom. The highest BCUT2D eigenvalue weighted by Crippen LogP contribution is 2.32. The number of nitrogens with one attached hydrogen (secondary N) is 1. The van der Waals surface area contributed by atoms with E-state index in [1.807, 2.05) is 16.7 Å². The van der Waals surface area contributed by atoms with Crippen LogP contribution in [-0.2, 0) is 24.1 Å². The minimum atomic E-state index is -0.829. The predicted molar refractivity (Wildman–Crippen MR) is 100 cm³/mol. The second kappa shape index (κ2) is 6.78. The van der Waals surface area contributed by atoms with Gasteiger partial charge in [-0.2, -0.15) is 0 Å². The van der Waals surface area contributed by atoms with Crippen molar-refractivity contribution in [1.82, 2.24) is 14.4 Å². The number of hydrogen-bond donors (Lipinski definition) is 2. The first-order chi connectivity index (χ1) is 12.5. The molecule has 0 spiro atoms. The maximum Gasteiger partial charge on any atom is 0.307 e. The Labute approximate surface area is 159 Å². The molecule has 1 aliphatic rings. The zero-order valence-corrected chi connectivity index (χ0v) is 15.3. The van der Waals surface area contributed by atoms with Crippen molar-refractivity contribution in [2.75, 3.05) is 5.32 Å². The van der Waals surface area contributed by atoms with Crippen LogP contribution in [0.15, 0.2) is 30.7 Å². The van der Waals surface area contributed by atoms with Crippen molar-refractivity contribution in [3.8, 4) is 0 Å².